The van der Waals surface area contributed by atoms with Crippen molar-refractivity contribution in [1.82, 2.24) is 5.32 Å². The van der Waals surface area contributed by atoms with Crippen LogP contribution in [0.5, 0.6) is 11.5 Å². The maximum atomic E-state index is 13.7. The Morgan fingerprint density at radius 3 is 1.67 bits per heavy atom. The number of phenols is 2. The Morgan fingerprint density at radius 1 is 0.690 bits per heavy atom. The number of ether oxygens (including phenoxy) is 4. The summed E-state index contributed by atoms with van der Waals surface area (Å²) in [6.07, 6.45) is -0.514. The van der Waals surface area contributed by atoms with Gasteiger partial charge in [-0.2, -0.15) is 0 Å². The summed E-state index contributed by atoms with van der Waals surface area (Å²) in [4.78, 5) is 51.7. The second-order valence-electron chi connectivity index (χ2n) is 9.48. The molecule has 1 aliphatic rings. The third-order valence-corrected chi connectivity index (χ3v) is 6.78. The van der Waals surface area contributed by atoms with Crippen molar-refractivity contribution in [3.8, 4) is 11.5 Å². The van der Waals surface area contributed by atoms with Crippen LogP contribution in [-0.4, -0.2) is 94.1 Å². The number of phenolic OH excluding ortho intramolecular Hbond substituents is 2. The molecule has 13 nitrogen and oxygen atoms in total. The van der Waals surface area contributed by atoms with Gasteiger partial charge < -0.3 is 45.1 Å². The summed E-state index contributed by atoms with van der Waals surface area (Å²) in [6.45, 7) is 0.716. The van der Waals surface area contributed by atoms with Crippen LogP contribution in [0.1, 0.15) is 57.5 Å². The highest BCUT2D eigenvalue weighted by Crippen LogP contribution is 2.42. The summed E-state index contributed by atoms with van der Waals surface area (Å²) in [5, 5.41) is 29.8. The number of benzene rings is 2. The number of ketones is 3. The Bertz CT molecular complexity index is 1210. The predicted octanol–water partition coefficient (Wildman–Crippen LogP) is 2.18. The topological polar surface area (TPSA) is 182 Å². The summed E-state index contributed by atoms with van der Waals surface area (Å²) in [5.41, 5.74) is 0.107. The first-order valence-corrected chi connectivity index (χ1v) is 13.3. The molecule has 0 radical (unpaired) electrons. The molecule has 1 amide bonds. The number of rotatable bonds is 17. The first-order chi connectivity index (χ1) is 20.2. The molecule has 0 saturated heterocycles. The molecular weight excluding hydrogens is 550 g/mol. The minimum Gasteiger partial charge on any atom is -0.507 e. The summed E-state index contributed by atoms with van der Waals surface area (Å²) in [7, 11) is 5.76. The third-order valence-electron chi connectivity index (χ3n) is 6.78. The molecule has 0 aromatic heterocycles. The standard InChI is InChI=1S/C29H37N3O10/c1-39-22(40-2)14-16(33)6-5-11-30-17-7-8-18(31-12-13-32-21(36)15-23(41-3)42-4)25-24(17)28(37)26-19(34)9-10-20(35)27(26)29(25)38/h7-10,22-23,30-31,34-35H,5-6,11-15H2,1-4H3,(H,32,36). The molecule has 228 valence electrons. The van der Waals surface area contributed by atoms with Gasteiger partial charge >= 0.3 is 0 Å². The van der Waals surface area contributed by atoms with Crippen molar-refractivity contribution in [3.05, 3.63) is 46.5 Å². The average molecular weight is 588 g/mol. The van der Waals surface area contributed by atoms with Gasteiger partial charge in [-0.1, -0.05) is 0 Å². The highest BCUT2D eigenvalue weighted by molar-refractivity contribution is 6.33. The van der Waals surface area contributed by atoms with E-state index in [1.807, 2.05) is 0 Å². The highest BCUT2D eigenvalue weighted by atomic mass is 16.7. The van der Waals surface area contributed by atoms with Gasteiger partial charge in [0, 0.05) is 65.9 Å². The fourth-order valence-corrected chi connectivity index (χ4v) is 4.60. The second-order valence-corrected chi connectivity index (χ2v) is 9.48. The maximum absolute atomic E-state index is 13.7. The fraction of sp³-hybridized carbons (Fsp3) is 0.448. The number of methoxy groups -OCH3 is 4. The van der Waals surface area contributed by atoms with Crippen LogP contribution in [0.2, 0.25) is 0 Å². The third kappa shape index (κ3) is 7.62. The smallest absolute Gasteiger partial charge is 0.225 e. The lowest BCUT2D eigenvalue weighted by Crippen LogP contribution is -2.32. The first kappa shape index (κ1) is 32.5. The van der Waals surface area contributed by atoms with Crippen LogP contribution in [0.25, 0.3) is 0 Å². The minimum atomic E-state index is -0.677. The molecule has 2 aromatic rings. The molecule has 1 aliphatic carbocycles. The van der Waals surface area contributed by atoms with Crippen LogP contribution in [-0.2, 0) is 28.5 Å². The number of carbonyl (C=O) groups is 4. The van der Waals surface area contributed by atoms with E-state index in [4.69, 9.17) is 18.9 Å². The largest absolute Gasteiger partial charge is 0.507 e. The molecule has 0 bridgehead atoms. The van der Waals surface area contributed by atoms with E-state index in [1.165, 1.54) is 28.4 Å². The zero-order valence-electron chi connectivity index (χ0n) is 24.1. The molecule has 42 heavy (non-hydrogen) atoms. The lowest BCUT2D eigenvalue weighted by atomic mass is 9.81. The van der Waals surface area contributed by atoms with Crippen molar-refractivity contribution in [2.24, 2.45) is 0 Å². The van der Waals surface area contributed by atoms with Crippen LogP contribution < -0.4 is 16.0 Å². The van der Waals surface area contributed by atoms with Crippen molar-refractivity contribution < 1.29 is 48.3 Å². The number of aromatic hydroxyl groups is 2. The van der Waals surface area contributed by atoms with E-state index in [-0.39, 0.29) is 66.3 Å². The van der Waals surface area contributed by atoms with E-state index in [2.05, 4.69) is 16.0 Å². The van der Waals surface area contributed by atoms with Gasteiger partial charge in [-0.15, -0.1) is 0 Å². The fourth-order valence-electron chi connectivity index (χ4n) is 4.60. The number of fused-ring (bicyclic) bond motifs is 2. The molecule has 13 heteroatoms. The molecule has 5 N–H and O–H groups in total. The number of anilines is 2. The Kier molecular flexibility index (Phi) is 11.8. The molecule has 0 aliphatic heterocycles. The maximum Gasteiger partial charge on any atom is 0.225 e. The minimum absolute atomic E-state index is 0.000246. The number of hydrogen-bond acceptors (Lipinski definition) is 12. The second kappa shape index (κ2) is 15.3. The summed E-state index contributed by atoms with van der Waals surface area (Å²) in [5.74, 6) is -2.51. The lowest BCUT2D eigenvalue weighted by molar-refractivity contribution is -0.139. The van der Waals surface area contributed by atoms with Gasteiger partial charge in [0.25, 0.3) is 0 Å². The van der Waals surface area contributed by atoms with Crippen LogP contribution in [0, 0.1) is 0 Å². The molecule has 0 saturated carbocycles. The molecule has 0 atom stereocenters. The monoisotopic (exact) mass is 587 g/mol. The van der Waals surface area contributed by atoms with Gasteiger partial charge in [0.1, 0.15) is 17.3 Å². The molecular formula is C29H37N3O10. The van der Waals surface area contributed by atoms with E-state index in [9.17, 15) is 29.4 Å². The van der Waals surface area contributed by atoms with E-state index in [0.29, 0.717) is 24.3 Å². The van der Waals surface area contributed by atoms with Crippen molar-refractivity contribution >= 4 is 34.6 Å². The Balaban J connectivity index is 1.79. The van der Waals surface area contributed by atoms with E-state index in [1.54, 1.807) is 12.1 Å². The first-order valence-electron chi connectivity index (χ1n) is 13.3. The van der Waals surface area contributed by atoms with Crippen LogP contribution in [0.3, 0.4) is 0 Å². The van der Waals surface area contributed by atoms with E-state index >= 15 is 0 Å². The Hall–Kier alpha value is -4.04. The van der Waals surface area contributed by atoms with E-state index in [0.717, 1.165) is 12.1 Å². The van der Waals surface area contributed by atoms with Gasteiger partial charge in [0.2, 0.25) is 17.5 Å². The summed E-state index contributed by atoms with van der Waals surface area (Å²) in [6, 6.07) is 5.53. The quantitative estimate of drug-likeness (QED) is 0.0883. The molecule has 0 unspecified atom stereocenters. The van der Waals surface area contributed by atoms with Crippen molar-refractivity contribution in [1.29, 1.82) is 0 Å². The summed E-state index contributed by atoms with van der Waals surface area (Å²) >= 11 is 0. The van der Waals surface area contributed by atoms with Gasteiger partial charge in [0.05, 0.1) is 35.1 Å². The number of nitrogens with one attached hydrogen (secondary N) is 3. The van der Waals surface area contributed by atoms with Gasteiger partial charge in [-0.3, -0.25) is 19.2 Å². The molecule has 3 rings (SSSR count). The van der Waals surface area contributed by atoms with Gasteiger partial charge in [0.15, 0.2) is 12.6 Å². The zero-order chi connectivity index (χ0) is 30.8. The van der Waals surface area contributed by atoms with Crippen molar-refractivity contribution in [3.63, 3.8) is 0 Å². The number of carbonyl (C=O) groups excluding carboxylic acids is 4. The van der Waals surface area contributed by atoms with Crippen LogP contribution in [0.15, 0.2) is 24.3 Å². The van der Waals surface area contributed by atoms with Crippen molar-refractivity contribution in [2.45, 2.75) is 38.3 Å². The highest BCUT2D eigenvalue weighted by Gasteiger charge is 2.38. The predicted molar refractivity (Wildman–Crippen MR) is 152 cm³/mol. The lowest BCUT2D eigenvalue weighted by Gasteiger charge is -2.25. The van der Waals surface area contributed by atoms with Gasteiger partial charge in [-0.05, 0) is 30.7 Å². The molecule has 2 aromatic carbocycles. The average Bonchev–Trinajstić information content (AvgIpc) is 2.98. The SMILES string of the molecule is COC(CC(=O)CCCNc1ccc(NCCNC(=O)CC(OC)OC)c2c1C(=O)c1c(O)ccc(O)c1C2=O)OC. The molecule has 0 spiro atoms. The van der Waals surface area contributed by atoms with E-state index < -0.39 is 35.6 Å². The number of Topliss-reactive ketones (excluding diaryl/α,β-unsaturated/α-hetero) is 1. The number of amides is 1. The Labute approximate surface area is 243 Å². The zero-order valence-corrected chi connectivity index (χ0v) is 24.1. The van der Waals surface area contributed by atoms with Gasteiger partial charge in [-0.25, -0.2) is 0 Å². The normalized spacial score (nSPS) is 12.3. The van der Waals surface area contributed by atoms with Crippen molar-refractivity contribution in [2.75, 3.05) is 58.7 Å². The van der Waals surface area contributed by atoms with Crippen LogP contribution >= 0.6 is 0 Å². The molecule has 0 heterocycles. The Morgan fingerprint density at radius 2 is 1.17 bits per heavy atom. The summed E-state index contributed by atoms with van der Waals surface area (Å²) < 4.78 is 20.2. The molecule has 0 fully saturated rings. The van der Waals surface area contributed by atoms with Crippen LogP contribution in [0.4, 0.5) is 11.4 Å². The number of hydrogen-bond donors (Lipinski definition) is 5.